The molecule has 0 aliphatic carbocycles. The van der Waals surface area contributed by atoms with E-state index in [2.05, 4.69) is 4.74 Å². The minimum Gasteiger partial charge on any atom is -0.374 e. The molecule has 0 spiro atoms. The molecule has 0 saturated heterocycles. The summed E-state index contributed by atoms with van der Waals surface area (Å²) in [6.07, 6.45) is 0. The Balaban J connectivity index is 2.82. The molecule has 0 rings (SSSR count). The fourth-order valence-corrected chi connectivity index (χ4v) is 0.847. The van der Waals surface area contributed by atoms with E-state index in [1.54, 1.807) is 7.11 Å². The highest BCUT2D eigenvalue weighted by Crippen LogP contribution is 2.00. The third-order valence-corrected chi connectivity index (χ3v) is 1.58. The van der Waals surface area contributed by atoms with Crippen molar-refractivity contribution in [3.05, 3.63) is 0 Å². The summed E-state index contributed by atoms with van der Waals surface area (Å²) in [5.74, 6) is 0.855. The summed E-state index contributed by atoms with van der Waals surface area (Å²) >= 11 is 6.36. The van der Waals surface area contributed by atoms with Crippen molar-refractivity contribution in [1.29, 1.82) is 0 Å². The maximum Gasteiger partial charge on any atom is 0.231 e. The summed E-state index contributed by atoms with van der Waals surface area (Å²) in [6, 6.07) is 0. The molecule has 0 radical (unpaired) electrons. The number of hydrogen-bond donors (Lipinski definition) is 0. The van der Waals surface area contributed by atoms with Crippen LogP contribution in [-0.2, 0) is 9.53 Å². The predicted molar refractivity (Wildman–Crippen MR) is 35.2 cm³/mol. The summed E-state index contributed by atoms with van der Waals surface area (Å²) in [5.41, 5.74) is 0. The monoisotopic (exact) mass is 154 g/mol. The van der Waals surface area contributed by atoms with E-state index in [-0.39, 0.29) is 5.24 Å². The van der Waals surface area contributed by atoms with Crippen LogP contribution in [0.25, 0.3) is 0 Å². The second-order valence-electron chi connectivity index (χ2n) is 1.11. The first-order valence-electron chi connectivity index (χ1n) is 2.02. The Morgan fingerprint density at radius 3 is 2.88 bits per heavy atom. The van der Waals surface area contributed by atoms with Gasteiger partial charge in [-0.1, -0.05) is 0 Å². The van der Waals surface area contributed by atoms with E-state index < -0.39 is 0 Å². The average molecular weight is 155 g/mol. The van der Waals surface area contributed by atoms with E-state index in [4.69, 9.17) is 11.6 Å². The van der Waals surface area contributed by atoms with Gasteiger partial charge in [-0.05, 0) is 11.6 Å². The van der Waals surface area contributed by atoms with Crippen LogP contribution < -0.4 is 0 Å². The Hall–Kier alpha value is 0.270. The van der Waals surface area contributed by atoms with Gasteiger partial charge in [0.05, 0.1) is 11.7 Å². The number of rotatable bonds is 4. The molecule has 48 valence electrons. The molecule has 0 N–H and O–H groups in total. The molecule has 0 saturated carbocycles. The molecule has 0 aliphatic heterocycles. The van der Waals surface area contributed by atoms with Gasteiger partial charge in [-0.25, -0.2) is 0 Å². The average Bonchev–Trinajstić information content (AvgIpc) is 1.66. The summed E-state index contributed by atoms with van der Waals surface area (Å²) < 4.78 is 4.64. The molecule has 0 heterocycles. The first-order chi connectivity index (χ1) is 3.77. The van der Waals surface area contributed by atoms with E-state index in [0.29, 0.717) is 11.7 Å². The third-order valence-electron chi connectivity index (χ3n) is 0.417. The van der Waals surface area contributed by atoms with Gasteiger partial charge in [0, 0.05) is 7.11 Å². The molecule has 0 atom stereocenters. The van der Waals surface area contributed by atoms with Crippen molar-refractivity contribution in [3.63, 3.8) is 0 Å². The maximum absolute atomic E-state index is 10.0. The van der Waals surface area contributed by atoms with Crippen LogP contribution >= 0.6 is 23.4 Å². The largest absolute Gasteiger partial charge is 0.374 e. The first kappa shape index (κ1) is 8.27. The van der Waals surface area contributed by atoms with Crippen LogP contribution in [0.4, 0.5) is 0 Å². The SMILES string of the molecule is COCSCC(=O)Cl. The van der Waals surface area contributed by atoms with E-state index >= 15 is 0 Å². The second-order valence-corrected chi connectivity index (χ2v) is 2.46. The third kappa shape index (κ3) is 6.27. The molecule has 0 unspecified atom stereocenters. The summed E-state index contributed by atoms with van der Waals surface area (Å²) in [4.78, 5) is 10.0. The lowest BCUT2D eigenvalue weighted by Crippen LogP contribution is -1.91. The molecule has 0 aliphatic rings. The van der Waals surface area contributed by atoms with Gasteiger partial charge in [0.25, 0.3) is 0 Å². The van der Waals surface area contributed by atoms with E-state index in [1.807, 2.05) is 0 Å². The van der Waals surface area contributed by atoms with E-state index in [0.717, 1.165) is 0 Å². The summed E-state index contributed by atoms with van der Waals surface area (Å²) in [5, 5.41) is -0.327. The highest BCUT2D eigenvalue weighted by Gasteiger charge is 1.92. The topological polar surface area (TPSA) is 26.3 Å². The fraction of sp³-hybridized carbons (Fsp3) is 0.750. The van der Waals surface area contributed by atoms with E-state index in [1.165, 1.54) is 11.8 Å². The van der Waals surface area contributed by atoms with Gasteiger partial charge in [0.2, 0.25) is 5.24 Å². The van der Waals surface area contributed by atoms with Gasteiger partial charge in [0.15, 0.2) is 0 Å². The fourth-order valence-electron chi connectivity index (χ4n) is 0.205. The highest BCUT2D eigenvalue weighted by atomic mass is 35.5. The van der Waals surface area contributed by atoms with Crippen LogP contribution in [0.2, 0.25) is 0 Å². The van der Waals surface area contributed by atoms with Gasteiger partial charge in [-0.15, -0.1) is 11.8 Å². The number of ether oxygens (including phenoxy) is 1. The molecule has 0 aromatic heterocycles. The van der Waals surface area contributed by atoms with Crippen molar-refractivity contribution in [1.82, 2.24) is 0 Å². The Kier molecular flexibility index (Phi) is 5.59. The maximum atomic E-state index is 10.0. The van der Waals surface area contributed by atoms with Crippen LogP contribution in [0.1, 0.15) is 0 Å². The minimum absolute atomic E-state index is 0.327. The van der Waals surface area contributed by atoms with Gasteiger partial charge in [-0.2, -0.15) is 0 Å². The predicted octanol–water partition coefficient (Wildman–Crippen LogP) is 1.09. The normalized spacial score (nSPS) is 9.25. The standard InChI is InChI=1S/C4H7ClO2S/c1-7-3-8-2-4(5)6/h2-3H2,1H3. The smallest absolute Gasteiger partial charge is 0.231 e. The van der Waals surface area contributed by atoms with Crippen molar-refractivity contribution in [2.24, 2.45) is 0 Å². The molecular formula is C4H7ClO2S. The zero-order chi connectivity index (χ0) is 6.41. The Morgan fingerprint density at radius 2 is 2.50 bits per heavy atom. The van der Waals surface area contributed by atoms with Gasteiger partial charge in [0.1, 0.15) is 0 Å². The number of hydrogen-bond acceptors (Lipinski definition) is 3. The Bertz CT molecular complexity index is 76.4. The number of carbonyl (C=O) groups excluding carboxylic acids is 1. The molecule has 0 aromatic carbocycles. The first-order valence-corrected chi connectivity index (χ1v) is 3.55. The molecule has 0 amide bonds. The molecule has 0 bridgehead atoms. The van der Waals surface area contributed by atoms with Gasteiger partial charge >= 0.3 is 0 Å². The number of carbonyl (C=O) groups is 1. The van der Waals surface area contributed by atoms with Crippen molar-refractivity contribution >= 4 is 28.6 Å². The number of thioether (sulfide) groups is 1. The lowest BCUT2D eigenvalue weighted by molar-refractivity contribution is -0.109. The van der Waals surface area contributed by atoms with Gasteiger partial charge < -0.3 is 4.74 Å². The molecule has 0 aromatic rings. The minimum atomic E-state index is -0.327. The quantitative estimate of drug-likeness (QED) is 0.345. The lowest BCUT2D eigenvalue weighted by Gasteiger charge is -1.91. The van der Waals surface area contributed by atoms with Crippen molar-refractivity contribution in [2.75, 3.05) is 18.8 Å². The van der Waals surface area contributed by atoms with Crippen LogP contribution in [0, 0.1) is 0 Å². The zero-order valence-corrected chi connectivity index (χ0v) is 6.09. The molecule has 8 heavy (non-hydrogen) atoms. The molecule has 2 nitrogen and oxygen atoms in total. The van der Waals surface area contributed by atoms with Crippen molar-refractivity contribution in [3.8, 4) is 0 Å². The number of halogens is 1. The van der Waals surface area contributed by atoms with Gasteiger partial charge in [-0.3, -0.25) is 4.79 Å². The number of methoxy groups -OCH3 is 1. The van der Waals surface area contributed by atoms with Crippen molar-refractivity contribution < 1.29 is 9.53 Å². The summed E-state index contributed by atoms with van der Waals surface area (Å²) in [7, 11) is 1.58. The highest BCUT2D eigenvalue weighted by molar-refractivity contribution is 7.99. The van der Waals surface area contributed by atoms with E-state index in [9.17, 15) is 4.79 Å². The zero-order valence-electron chi connectivity index (χ0n) is 4.52. The van der Waals surface area contributed by atoms with Crippen LogP contribution in [0.3, 0.4) is 0 Å². The summed E-state index contributed by atoms with van der Waals surface area (Å²) in [6.45, 7) is 0. The Labute approximate surface area is 57.5 Å². The Morgan fingerprint density at radius 1 is 1.88 bits per heavy atom. The molecule has 4 heteroatoms. The van der Waals surface area contributed by atoms with Crippen molar-refractivity contribution in [2.45, 2.75) is 0 Å². The molecular weight excluding hydrogens is 148 g/mol. The molecule has 0 fully saturated rings. The van der Waals surface area contributed by atoms with Crippen LogP contribution in [0.15, 0.2) is 0 Å². The lowest BCUT2D eigenvalue weighted by atomic mass is 10.9. The van der Waals surface area contributed by atoms with Crippen LogP contribution in [-0.4, -0.2) is 24.0 Å². The second kappa shape index (κ2) is 5.41. The van der Waals surface area contributed by atoms with Crippen LogP contribution in [0.5, 0.6) is 0 Å².